The van der Waals surface area contributed by atoms with E-state index in [2.05, 4.69) is 30.9 Å². The van der Waals surface area contributed by atoms with E-state index in [4.69, 9.17) is 9.97 Å². The Morgan fingerprint density at radius 1 is 0.914 bits per heavy atom. The van der Waals surface area contributed by atoms with E-state index in [1.807, 2.05) is 6.20 Å². The second-order valence-electron chi connectivity index (χ2n) is 9.00. The summed E-state index contributed by atoms with van der Waals surface area (Å²) < 4.78 is 27.3. The predicted molar refractivity (Wildman–Crippen MR) is 129 cm³/mol. The molecule has 0 unspecified atom stereocenters. The van der Waals surface area contributed by atoms with Crippen molar-refractivity contribution in [1.82, 2.24) is 30.2 Å². The van der Waals surface area contributed by atoms with Crippen molar-refractivity contribution < 1.29 is 8.78 Å². The highest BCUT2D eigenvalue weighted by Gasteiger charge is 2.28. The normalized spacial score (nSPS) is 16.4. The third-order valence-corrected chi connectivity index (χ3v) is 6.41. The molecule has 0 bridgehead atoms. The first-order chi connectivity index (χ1) is 17.1. The van der Waals surface area contributed by atoms with Crippen molar-refractivity contribution in [3.63, 3.8) is 0 Å². The number of piperidine rings is 1. The maximum Gasteiger partial charge on any atom is 0.168 e. The van der Waals surface area contributed by atoms with Crippen LogP contribution < -0.4 is 16.0 Å². The first kappa shape index (κ1) is 21.7. The van der Waals surface area contributed by atoms with E-state index in [0.717, 1.165) is 67.8 Å². The zero-order valence-corrected chi connectivity index (χ0v) is 18.9. The first-order valence-corrected chi connectivity index (χ1v) is 11.8. The van der Waals surface area contributed by atoms with Gasteiger partial charge in [-0.1, -0.05) is 0 Å². The number of fused-ring (bicyclic) bond motifs is 1. The van der Waals surface area contributed by atoms with E-state index in [0.29, 0.717) is 29.2 Å². The number of hydrogen-bond donors (Lipinski definition) is 3. The van der Waals surface area contributed by atoms with Crippen LogP contribution in [0, 0.1) is 11.6 Å². The largest absolute Gasteiger partial charge is 0.367 e. The fourth-order valence-electron chi connectivity index (χ4n) is 4.47. The fourth-order valence-corrected chi connectivity index (χ4v) is 4.47. The highest BCUT2D eigenvalue weighted by molar-refractivity contribution is 5.93. The number of halogens is 2. The Hall–Kier alpha value is -3.79. The van der Waals surface area contributed by atoms with E-state index in [-0.39, 0.29) is 5.82 Å². The Kier molecular flexibility index (Phi) is 5.65. The van der Waals surface area contributed by atoms with Crippen molar-refractivity contribution in [2.75, 3.05) is 23.7 Å². The summed E-state index contributed by atoms with van der Waals surface area (Å²) in [7, 11) is 0. The molecule has 0 atom stereocenters. The molecule has 1 saturated carbocycles. The number of hydrogen-bond acceptors (Lipinski definition) is 8. The van der Waals surface area contributed by atoms with Gasteiger partial charge in [-0.3, -0.25) is 4.98 Å². The molecule has 1 saturated heterocycles. The van der Waals surface area contributed by atoms with Crippen LogP contribution in [-0.2, 0) is 0 Å². The van der Waals surface area contributed by atoms with E-state index in [9.17, 15) is 8.78 Å². The van der Waals surface area contributed by atoms with Crippen LogP contribution in [-0.4, -0.2) is 44.1 Å². The van der Waals surface area contributed by atoms with Gasteiger partial charge in [0.15, 0.2) is 17.5 Å². The molecule has 0 radical (unpaired) electrons. The van der Waals surface area contributed by atoms with E-state index in [1.54, 1.807) is 24.5 Å². The summed E-state index contributed by atoms with van der Waals surface area (Å²) in [6, 6.07) is 4.62. The topological polar surface area (TPSA) is 101 Å². The molecule has 4 aromatic heterocycles. The standard InChI is InChI=1S/C25H24F2N8/c26-16-10-19(27)24(31-11-16)34-21-9-15(3-8-30-21)23-33-20-13-29-12-18(14-1-2-14)22(20)25(35-23)32-17-4-6-28-7-5-17/h3,8-14,17,28H,1-2,4-7H2,(H,30,31,34)(H,32,33,35). The molecular formula is C25H24F2N8. The molecule has 2 fully saturated rings. The molecule has 0 amide bonds. The first-order valence-electron chi connectivity index (χ1n) is 11.8. The second-order valence-corrected chi connectivity index (χ2v) is 9.00. The molecule has 4 aromatic rings. The second kappa shape index (κ2) is 9.10. The SMILES string of the molecule is Fc1cnc(Nc2cc(-c3nc(NC4CCNCC4)c4c(C5CC5)cncc4n3)ccn2)c(F)c1. The molecular weight excluding hydrogens is 450 g/mol. The summed E-state index contributed by atoms with van der Waals surface area (Å²) >= 11 is 0. The Morgan fingerprint density at radius 2 is 1.77 bits per heavy atom. The van der Waals surface area contributed by atoms with Crippen LogP contribution >= 0.6 is 0 Å². The quantitative estimate of drug-likeness (QED) is 0.374. The fraction of sp³-hybridized carbons (Fsp3) is 0.320. The molecule has 10 heteroatoms. The lowest BCUT2D eigenvalue weighted by Crippen LogP contribution is -2.35. The number of rotatable bonds is 6. The van der Waals surface area contributed by atoms with Gasteiger partial charge in [-0.05, 0) is 62.4 Å². The van der Waals surface area contributed by atoms with Crippen LogP contribution in [0.1, 0.15) is 37.2 Å². The van der Waals surface area contributed by atoms with Gasteiger partial charge in [0.2, 0.25) is 0 Å². The summed E-state index contributed by atoms with van der Waals surface area (Å²) in [6.45, 7) is 1.94. The maximum absolute atomic E-state index is 14.1. The predicted octanol–water partition coefficient (Wildman–Crippen LogP) is 4.54. The molecule has 0 spiro atoms. The van der Waals surface area contributed by atoms with Crippen molar-refractivity contribution in [1.29, 1.82) is 0 Å². The zero-order valence-electron chi connectivity index (χ0n) is 18.9. The third-order valence-electron chi connectivity index (χ3n) is 6.41. The molecule has 1 aliphatic carbocycles. The summed E-state index contributed by atoms with van der Waals surface area (Å²) in [5.74, 6) is 0.534. The lowest BCUT2D eigenvalue weighted by Gasteiger charge is -2.25. The van der Waals surface area contributed by atoms with Gasteiger partial charge in [-0.15, -0.1) is 0 Å². The minimum Gasteiger partial charge on any atom is -0.367 e. The van der Waals surface area contributed by atoms with Crippen LogP contribution in [0.2, 0.25) is 0 Å². The summed E-state index contributed by atoms with van der Waals surface area (Å²) in [5, 5.41) is 10.9. The summed E-state index contributed by atoms with van der Waals surface area (Å²) in [4.78, 5) is 22.2. The van der Waals surface area contributed by atoms with Crippen LogP contribution in [0.5, 0.6) is 0 Å². The zero-order chi connectivity index (χ0) is 23.8. The molecule has 3 N–H and O–H groups in total. The smallest absolute Gasteiger partial charge is 0.168 e. The van der Waals surface area contributed by atoms with Gasteiger partial charge in [0.1, 0.15) is 17.5 Å². The van der Waals surface area contributed by atoms with Crippen LogP contribution in [0.3, 0.4) is 0 Å². The molecule has 8 nitrogen and oxygen atoms in total. The molecule has 1 aliphatic heterocycles. The lowest BCUT2D eigenvalue weighted by atomic mass is 10.0. The van der Waals surface area contributed by atoms with Gasteiger partial charge in [-0.2, -0.15) is 0 Å². The summed E-state index contributed by atoms with van der Waals surface area (Å²) in [6.07, 6.45) is 10.6. The van der Waals surface area contributed by atoms with E-state index < -0.39 is 11.6 Å². The van der Waals surface area contributed by atoms with E-state index in [1.165, 1.54) is 5.56 Å². The van der Waals surface area contributed by atoms with Crippen molar-refractivity contribution in [2.24, 2.45) is 0 Å². The molecule has 6 rings (SSSR count). The monoisotopic (exact) mass is 474 g/mol. The number of nitrogens with one attached hydrogen (secondary N) is 3. The number of nitrogens with zero attached hydrogens (tertiary/aromatic N) is 5. The third kappa shape index (κ3) is 4.61. The van der Waals surface area contributed by atoms with Gasteiger partial charge in [-0.25, -0.2) is 28.7 Å². The molecule has 35 heavy (non-hydrogen) atoms. The molecule has 2 aliphatic rings. The van der Waals surface area contributed by atoms with Crippen LogP contribution in [0.4, 0.5) is 26.2 Å². The maximum atomic E-state index is 14.1. The van der Waals surface area contributed by atoms with Crippen molar-refractivity contribution in [2.45, 2.75) is 37.6 Å². The van der Waals surface area contributed by atoms with Crippen molar-refractivity contribution in [3.05, 3.63) is 60.2 Å². The average Bonchev–Trinajstić information content (AvgIpc) is 3.72. The van der Waals surface area contributed by atoms with Crippen molar-refractivity contribution >= 4 is 28.4 Å². The Bertz CT molecular complexity index is 1390. The number of pyridine rings is 3. The lowest BCUT2D eigenvalue weighted by molar-refractivity contribution is 0.478. The molecule has 0 aromatic carbocycles. The van der Waals surface area contributed by atoms with E-state index >= 15 is 0 Å². The van der Waals surface area contributed by atoms with Crippen LogP contribution in [0.15, 0.2) is 43.0 Å². The van der Waals surface area contributed by atoms with Crippen LogP contribution in [0.25, 0.3) is 22.3 Å². The van der Waals surface area contributed by atoms with Gasteiger partial charge in [0.05, 0.1) is 17.9 Å². The van der Waals surface area contributed by atoms with Gasteiger partial charge >= 0.3 is 0 Å². The summed E-state index contributed by atoms with van der Waals surface area (Å²) in [5.41, 5.74) is 2.69. The van der Waals surface area contributed by atoms with Gasteiger partial charge in [0.25, 0.3) is 0 Å². The minimum absolute atomic E-state index is 0.109. The Balaban J connectivity index is 1.39. The highest BCUT2D eigenvalue weighted by Crippen LogP contribution is 2.44. The Labute approximate surface area is 200 Å². The highest BCUT2D eigenvalue weighted by atomic mass is 19.1. The molecule has 178 valence electrons. The van der Waals surface area contributed by atoms with Crippen molar-refractivity contribution in [3.8, 4) is 11.4 Å². The number of anilines is 3. The number of aromatic nitrogens is 5. The molecule has 5 heterocycles. The van der Waals surface area contributed by atoms with Gasteiger partial charge in [0, 0.05) is 35.5 Å². The Morgan fingerprint density at radius 3 is 2.57 bits per heavy atom. The minimum atomic E-state index is -0.800. The van der Waals surface area contributed by atoms with Gasteiger partial charge < -0.3 is 16.0 Å². The average molecular weight is 475 g/mol.